The van der Waals surface area contributed by atoms with Crippen LogP contribution in [0.15, 0.2) is 9.42 Å². The fourth-order valence-electron chi connectivity index (χ4n) is 4.22. The molecule has 0 unspecified atom stereocenters. The van der Waals surface area contributed by atoms with Gasteiger partial charge in [-0.25, -0.2) is 13.2 Å². The van der Waals surface area contributed by atoms with Crippen LogP contribution in [-0.2, 0) is 14.8 Å². The molecular weight excluding hydrogens is 410 g/mol. The van der Waals surface area contributed by atoms with Crippen LogP contribution in [0.3, 0.4) is 0 Å². The largest absolute Gasteiger partial charge is 0.360 e. The number of hydrogen-bond acceptors (Lipinski definition) is 6. The van der Waals surface area contributed by atoms with Crippen molar-refractivity contribution in [1.29, 1.82) is 0 Å². The molecule has 1 aromatic heterocycles. The molecule has 0 saturated carbocycles. The maximum Gasteiger partial charge on any atom is 0.319 e. The first kappa shape index (κ1) is 22.5. The summed E-state index contributed by atoms with van der Waals surface area (Å²) in [5.74, 6) is 0.0359. The maximum atomic E-state index is 13.1. The fourth-order valence-corrected chi connectivity index (χ4v) is 5.98. The molecule has 2 fully saturated rings. The van der Waals surface area contributed by atoms with Gasteiger partial charge in [0.1, 0.15) is 10.6 Å². The number of piperidine rings is 1. The van der Waals surface area contributed by atoms with Crippen molar-refractivity contribution >= 4 is 22.0 Å². The molecule has 2 aliphatic heterocycles. The zero-order valence-electron chi connectivity index (χ0n) is 18.1. The first-order valence-electron chi connectivity index (χ1n) is 10.3. The van der Waals surface area contributed by atoms with Gasteiger partial charge in [-0.15, -0.1) is 0 Å². The summed E-state index contributed by atoms with van der Waals surface area (Å²) in [4.78, 5) is 30.5. The van der Waals surface area contributed by atoms with E-state index in [0.717, 1.165) is 12.8 Å². The summed E-state index contributed by atoms with van der Waals surface area (Å²) >= 11 is 0. The summed E-state index contributed by atoms with van der Waals surface area (Å²) in [6.07, 6.45) is 2.09. The normalized spacial score (nSPS) is 21.4. The molecule has 0 N–H and O–H groups in total. The van der Waals surface area contributed by atoms with Gasteiger partial charge >= 0.3 is 6.03 Å². The second-order valence-corrected chi connectivity index (χ2v) is 10.1. The lowest BCUT2D eigenvalue weighted by atomic mass is 9.96. The van der Waals surface area contributed by atoms with E-state index in [1.165, 1.54) is 9.21 Å². The number of nitrogens with zero attached hydrogens (tertiary/aromatic N) is 5. The van der Waals surface area contributed by atoms with Crippen LogP contribution in [0.1, 0.15) is 30.7 Å². The molecule has 0 bridgehead atoms. The van der Waals surface area contributed by atoms with Gasteiger partial charge in [-0.3, -0.25) is 4.79 Å². The van der Waals surface area contributed by atoms with E-state index in [1.807, 2.05) is 0 Å². The van der Waals surface area contributed by atoms with Crippen LogP contribution >= 0.6 is 0 Å². The molecule has 10 nitrogen and oxygen atoms in total. The first-order valence-corrected chi connectivity index (χ1v) is 11.7. The predicted molar refractivity (Wildman–Crippen MR) is 109 cm³/mol. The summed E-state index contributed by atoms with van der Waals surface area (Å²) in [6, 6.07) is -0.0832. The van der Waals surface area contributed by atoms with E-state index < -0.39 is 10.0 Å². The number of aromatic nitrogens is 1. The maximum absolute atomic E-state index is 13.1. The third-order valence-corrected chi connectivity index (χ3v) is 7.90. The predicted octanol–water partition coefficient (Wildman–Crippen LogP) is 0.908. The molecule has 0 radical (unpaired) electrons. The quantitative estimate of drug-likeness (QED) is 0.690. The van der Waals surface area contributed by atoms with E-state index in [4.69, 9.17) is 4.52 Å². The lowest BCUT2D eigenvalue weighted by Gasteiger charge is -2.35. The Kier molecular flexibility index (Phi) is 6.71. The zero-order valence-corrected chi connectivity index (χ0v) is 18.9. The second-order valence-electron chi connectivity index (χ2n) is 8.20. The van der Waals surface area contributed by atoms with Gasteiger partial charge in [0, 0.05) is 53.4 Å². The monoisotopic (exact) mass is 441 g/mol. The smallest absolute Gasteiger partial charge is 0.319 e. The third-order valence-electron chi connectivity index (χ3n) is 5.76. The van der Waals surface area contributed by atoms with E-state index >= 15 is 0 Å². The minimum atomic E-state index is -3.73. The number of amides is 3. The Labute approximate surface area is 177 Å². The molecule has 0 aromatic carbocycles. The number of aryl methyl sites for hydroxylation is 2. The van der Waals surface area contributed by atoms with Gasteiger partial charge < -0.3 is 19.2 Å². The number of likely N-dealkylation sites (tertiary alicyclic amines) is 1. The van der Waals surface area contributed by atoms with E-state index in [0.29, 0.717) is 44.8 Å². The van der Waals surface area contributed by atoms with E-state index in [-0.39, 0.29) is 35.1 Å². The van der Waals surface area contributed by atoms with Crippen LogP contribution in [0.25, 0.3) is 0 Å². The average Bonchev–Trinajstić information content (AvgIpc) is 2.91. The van der Waals surface area contributed by atoms with E-state index in [9.17, 15) is 18.0 Å². The minimum Gasteiger partial charge on any atom is -0.360 e. The highest BCUT2D eigenvalue weighted by molar-refractivity contribution is 7.89. The minimum absolute atomic E-state index is 0.00263. The molecule has 3 rings (SSSR count). The standard InChI is InChI=1S/C19H31N5O5S/c1-14-17(15(2)29-20-14)30(27,28)24-10-6-9-22(11-12-24)18(25)16-7-5-8-23(13-16)19(26)21(3)4/h16H,5-13H2,1-4H3/t16-/m1/s1. The van der Waals surface area contributed by atoms with Crippen LogP contribution in [0.4, 0.5) is 4.79 Å². The zero-order chi connectivity index (χ0) is 22.1. The van der Waals surface area contributed by atoms with Gasteiger partial charge in [0.15, 0.2) is 5.76 Å². The van der Waals surface area contributed by atoms with Crippen molar-refractivity contribution in [1.82, 2.24) is 24.2 Å². The SMILES string of the molecule is Cc1noc(C)c1S(=O)(=O)N1CCCN(C(=O)[C@@H]2CCCN(C(=O)N(C)C)C2)CC1. The Hall–Kier alpha value is -2.14. The summed E-state index contributed by atoms with van der Waals surface area (Å²) in [7, 11) is -0.316. The number of rotatable bonds is 3. The summed E-state index contributed by atoms with van der Waals surface area (Å²) in [5.41, 5.74) is 0.345. The molecule has 11 heteroatoms. The Bertz CT molecular complexity index is 878. The van der Waals surface area contributed by atoms with Crippen molar-refractivity contribution in [3.63, 3.8) is 0 Å². The van der Waals surface area contributed by atoms with Gasteiger partial charge in [0.05, 0.1) is 5.92 Å². The van der Waals surface area contributed by atoms with Crippen LogP contribution < -0.4 is 0 Å². The molecule has 0 aliphatic carbocycles. The topological polar surface area (TPSA) is 107 Å². The van der Waals surface area contributed by atoms with Gasteiger partial charge in [-0.2, -0.15) is 4.31 Å². The van der Waals surface area contributed by atoms with Crippen LogP contribution in [0, 0.1) is 19.8 Å². The number of urea groups is 1. The highest BCUT2D eigenvalue weighted by Gasteiger charge is 2.35. The average molecular weight is 442 g/mol. The van der Waals surface area contributed by atoms with Gasteiger partial charge in [-0.1, -0.05) is 5.16 Å². The molecule has 0 spiro atoms. The van der Waals surface area contributed by atoms with Crippen molar-refractivity contribution in [2.45, 2.75) is 38.0 Å². The van der Waals surface area contributed by atoms with E-state index in [1.54, 1.807) is 37.7 Å². The Morgan fingerprint density at radius 3 is 2.37 bits per heavy atom. The van der Waals surface area contributed by atoms with Crippen molar-refractivity contribution in [2.75, 3.05) is 53.4 Å². The molecule has 2 saturated heterocycles. The Balaban J connectivity index is 1.66. The molecule has 30 heavy (non-hydrogen) atoms. The lowest BCUT2D eigenvalue weighted by Crippen LogP contribution is -2.49. The van der Waals surface area contributed by atoms with Crippen molar-refractivity contribution < 1.29 is 22.5 Å². The van der Waals surface area contributed by atoms with Crippen LogP contribution in [0.2, 0.25) is 0 Å². The summed E-state index contributed by atoms with van der Waals surface area (Å²) in [6.45, 7) is 5.67. The van der Waals surface area contributed by atoms with Crippen molar-refractivity contribution in [3.05, 3.63) is 11.5 Å². The molecule has 2 aliphatic rings. The van der Waals surface area contributed by atoms with Crippen molar-refractivity contribution in [3.8, 4) is 0 Å². The fraction of sp³-hybridized carbons (Fsp3) is 0.737. The highest BCUT2D eigenvalue weighted by atomic mass is 32.2. The molecule has 1 atom stereocenters. The van der Waals surface area contributed by atoms with Gasteiger partial charge in [0.2, 0.25) is 15.9 Å². The number of carbonyl (C=O) groups is 2. The lowest BCUT2D eigenvalue weighted by molar-refractivity contribution is -0.136. The van der Waals surface area contributed by atoms with Crippen LogP contribution in [-0.4, -0.2) is 97.9 Å². The summed E-state index contributed by atoms with van der Waals surface area (Å²) in [5, 5.41) is 3.76. The molecule has 168 valence electrons. The Morgan fingerprint density at radius 2 is 1.73 bits per heavy atom. The molecule has 3 heterocycles. The second kappa shape index (κ2) is 8.93. The molecule has 1 aromatic rings. The Morgan fingerprint density at radius 1 is 1.03 bits per heavy atom. The number of hydrogen-bond donors (Lipinski definition) is 0. The molecular formula is C19H31N5O5S. The summed E-state index contributed by atoms with van der Waals surface area (Å²) < 4.78 is 32.6. The van der Waals surface area contributed by atoms with Gasteiger partial charge in [0.25, 0.3) is 0 Å². The van der Waals surface area contributed by atoms with E-state index in [2.05, 4.69) is 5.16 Å². The highest BCUT2D eigenvalue weighted by Crippen LogP contribution is 2.25. The third kappa shape index (κ3) is 4.46. The molecule has 3 amide bonds. The van der Waals surface area contributed by atoms with Gasteiger partial charge in [-0.05, 0) is 33.1 Å². The first-order chi connectivity index (χ1) is 14.1. The number of sulfonamides is 1. The number of carbonyl (C=O) groups excluding carboxylic acids is 2. The van der Waals surface area contributed by atoms with Crippen molar-refractivity contribution in [2.24, 2.45) is 5.92 Å². The van der Waals surface area contributed by atoms with Crippen LogP contribution in [0.5, 0.6) is 0 Å².